The van der Waals surface area contributed by atoms with Crippen molar-refractivity contribution in [3.05, 3.63) is 41.5 Å². The van der Waals surface area contributed by atoms with E-state index in [1.54, 1.807) is 18.2 Å². The molecule has 0 aromatic heterocycles. The first-order valence-corrected chi connectivity index (χ1v) is 4.33. The summed E-state index contributed by atoms with van der Waals surface area (Å²) in [5.41, 5.74) is -1.50. The van der Waals surface area contributed by atoms with Crippen LogP contribution in [-0.4, -0.2) is 12.1 Å². The first-order valence-electron chi connectivity index (χ1n) is 4.33. The Morgan fingerprint density at radius 3 is 2.19 bits per heavy atom. The van der Waals surface area contributed by atoms with Crippen molar-refractivity contribution in [3.8, 4) is 0 Å². The monoisotopic (exact) mass is 226 g/mol. The standard InChI is InChI=1S/C10H5F3N2O/c11-10(12,13)7-8(14-15-9(7)16)6-4-2-1-3-5-6/h1-5H. The Labute approximate surface area is 88.3 Å². The normalized spacial score (nSPS) is 16.1. The molecule has 1 aliphatic rings. The maximum atomic E-state index is 12.5. The van der Waals surface area contributed by atoms with Crippen molar-refractivity contribution in [1.29, 1.82) is 0 Å². The SMILES string of the molecule is O=C1N=NC(c2ccccc2)=C1C(F)(F)F. The molecule has 0 radical (unpaired) electrons. The summed E-state index contributed by atoms with van der Waals surface area (Å²) in [6.07, 6.45) is -4.73. The van der Waals surface area contributed by atoms with Crippen LogP contribution in [0.15, 0.2) is 46.1 Å². The Morgan fingerprint density at radius 1 is 1.00 bits per heavy atom. The Bertz CT molecular complexity index is 489. The van der Waals surface area contributed by atoms with E-state index in [1.807, 2.05) is 0 Å². The Morgan fingerprint density at radius 2 is 1.62 bits per heavy atom. The van der Waals surface area contributed by atoms with Gasteiger partial charge in [0, 0.05) is 5.56 Å². The lowest BCUT2D eigenvalue weighted by molar-refractivity contribution is -0.127. The molecule has 0 bridgehead atoms. The molecule has 0 spiro atoms. The average molecular weight is 226 g/mol. The van der Waals surface area contributed by atoms with Crippen LogP contribution in [0.25, 0.3) is 5.70 Å². The fraction of sp³-hybridized carbons (Fsp3) is 0.100. The molecule has 1 amide bonds. The number of carbonyl (C=O) groups is 1. The number of halogens is 3. The van der Waals surface area contributed by atoms with Gasteiger partial charge in [-0.1, -0.05) is 30.3 Å². The highest BCUT2D eigenvalue weighted by atomic mass is 19.4. The second kappa shape index (κ2) is 3.55. The predicted octanol–water partition coefficient (Wildman–Crippen LogP) is 2.95. The number of alkyl halides is 3. The van der Waals surface area contributed by atoms with Gasteiger partial charge in [-0.25, -0.2) is 0 Å². The smallest absolute Gasteiger partial charge is 0.265 e. The van der Waals surface area contributed by atoms with E-state index in [4.69, 9.17) is 0 Å². The predicted molar refractivity (Wildman–Crippen MR) is 49.3 cm³/mol. The van der Waals surface area contributed by atoms with E-state index in [0.717, 1.165) is 0 Å². The maximum Gasteiger partial charge on any atom is 0.424 e. The zero-order valence-corrected chi connectivity index (χ0v) is 7.82. The van der Waals surface area contributed by atoms with E-state index in [0.29, 0.717) is 0 Å². The van der Waals surface area contributed by atoms with Crippen LogP contribution in [0.2, 0.25) is 0 Å². The fourth-order valence-corrected chi connectivity index (χ4v) is 1.35. The number of rotatable bonds is 1. The first kappa shape index (κ1) is 10.5. The molecule has 0 unspecified atom stereocenters. The molecular formula is C10H5F3N2O. The number of hydrogen-bond acceptors (Lipinski definition) is 2. The minimum Gasteiger partial charge on any atom is -0.265 e. The minimum atomic E-state index is -4.73. The third kappa shape index (κ3) is 1.73. The van der Waals surface area contributed by atoms with Gasteiger partial charge in [-0.2, -0.15) is 13.2 Å². The quantitative estimate of drug-likeness (QED) is 0.725. The second-order valence-corrected chi connectivity index (χ2v) is 3.09. The van der Waals surface area contributed by atoms with Crippen molar-refractivity contribution < 1.29 is 18.0 Å². The molecule has 82 valence electrons. The van der Waals surface area contributed by atoms with Crippen molar-refractivity contribution in [2.45, 2.75) is 6.18 Å². The molecule has 6 heteroatoms. The molecular weight excluding hydrogens is 221 g/mol. The van der Waals surface area contributed by atoms with Crippen molar-refractivity contribution in [1.82, 2.24) is 0 Å². The van der Waals surface area contributed by atoms with Crippen LogP contribution in [0.4, 0.5) is 13.2 Å². The van der Waals surface area contributed by atoms with E-state index < -0.39 is 23.4 Å². The number of nitrogens with zero attached hydrogens (tertiary/aromatic N) is 2. The van der Waals surface area contributed by atoms with Crippen LogP contribution in [-0.2, 0) is 4.79 Å². The number of carbonyl (C=O) groups excluding carboxylic acids is 1. The maximum absolute atomic E-state index is 12.5. The van der Waals surface area contributed by atoms with Crippen molar-refractivity contribution in [2.75, 3.05) is 0 Å². The van der Waals surface area contributed by atoms with Crippen LogP contribution < -0.4 is 0 Å². The van der Waals surface area contributed by atoms with Gasteiger partial charge in [0.25, 0.3) is 0 Å². The minimum absolute atomic E-state index is 0.226. The first-order chi connectivity index (χ1) is 7.50. The third-order valence-electron chi connectivity index (χ3n) is 2.02. The molecule has 1 aromatic carbocycles. The summed E-state index contributed by atoms with van der Waals surface area (Å²) in [7, 11) is 0. The molecule has 0 saturated heterocycles. The highest BCUT2D eigenvalue weighted by Gasteiger charge is 2.44. The summed E-state index contributed by atoms with van der Waals surface area (Å²) in [6.45, 7) is 0. The fourth-order valence-electron chi connectivity index (χ4n) is 1.35. The van der Waals surface area contributed by atoms with Gasteiger partial charge in [0.15, 0.2) is 5.57 Å². The molecule has 2 rings (SSSR count). The molecule has 1 aliphatic heterocycles. The molecule has 1 aromatic rings. The Kier molecular flexibility index (Phi) is 2.34. The summed E-state index contributed by atoms with van der Waals surface area (Å²) in [5, 5.41) is 6.20. The third-order valence-corrected chi connectivity index (χ3v) is 2.02. The molecule has 0 atom stereocenters. The lowest BCUT2D eigenvalue weighted by Crippen LogP contribution is -2.17. The van der Waals surface area contributed by atoms with E-state index in [9.17, 15) is 18.0 Å². The number of hydrogen-bond donors (Lipinski definition) is 0. The van der Waals surface area contributed by atoms with Crippen LogP contribution in [0.1, 0.15) is 5.56 Å². The number of benzene rings is 1. The summed E-state index contributed by atoms with van der Waals surface area (Å²) in [6, 6.07) is 7.67. The highest BCUT2D eigenvalue weighted by molar-refractivity contribution is 6.05. The molecule has 0 saturated carbocycles. The second-order valence-electron chi connectivity index (χ2n) is 3.09. The van der Waals surface area contributed by atoms with Crippen molar-refractivity contribution in [2.24, 2.45) is 10.2 Å². The summed E-state index contributed by atoms with van der Waals surface area (Å²) in [4.78, 5) is 11.0. The van der Waals surface area contributed by atoms with Crippen LogP contribution >= 0.6 is 0 Å². The lowest BCUT2D eigenvalue weighted by atomic mass is 10.1. The molecule has 0 fully saturated rings. The van der Waals surface area contributed by atoms with Gasteiger partial charge in [-0.05, 0) is 0 Å². The molecule has 3 nitrogen and oxygen atoms in total. The molecule has 0 aliphatic carbocycles. The van der Waals surface area contributed by atoms with Crippen molar-refractivity contribution >= 4 is 11.6 Å². The van der Waals surface area contributed by atoms with Gasteiger partial charge in [0.1, 0.15) is 5.70 Å². The van der Waals surface area contributed by atoms with Gasteiger partial charge < -0.3 is 0 Å². The Hall–Kier alpha value is -1.98. The van der Waals surface area contributed by atoms with Gasteiger partial charge in [-0.3, -0.25) is 4.79 Å². The number of azo groups is 1. The zero-order valence-electron chi connectivity index (χ0n) is 7.82. The lowest BCUT2D eigenvalue weighted by Gasteiger charge is -2.06. The summed E-state index contributed by atoms with van der Waals surface area (Å²) in [5.74, 6) is -1.34. The largest absolute Gasteiger partial charge is 0.424 e. The topological polar surface area (TPSA) is 41.8 Å². The van der Waals surface area contributed by atoms with Crippen LogP contribution in [0.3, 0.4) is 0 Å². The Balaban J connectivity index is 2.58. The van der Waals surface area contributed by atoms with Gasteiger partial charge in [0.05, 0.1) is 0 Å². The van der Waals surface area contributed by atoms with E-state index in [2.05, 4.69) is 10.2 Å². The average Bonchev–Trinajstić information content (AvgIpc) is 2.61. The summed E-state index contributed by atoms with van der Waals surface area (Å²) < 4.78 is 37.6. The summed E-state index contributed by atoms with van der Waals surface area (Å²) >= 11 is 0. The van der Waals surface area contributed by atoms with E-state index >= 15 is 0 Å². The molecule has 16 heavy (non-hydrogen) atoms. The zero-order chi connectivity index (χ0) is 11.8. The van der Waals surface area contributed by atoms with E-state index in [-0.39, 0.29) is 5.56 Å². The number of amides is 1. The highest BCUT2D eigenvalue weighted by Crippen LogP contribution is 2.37. The van der Waals surface area contributed by atoms with Gasteiger partial charge in [-0.15, -0.1) is 10.2 Å². The molecule has 1 heterocycles. The van der Waals surface area contributed by atoms with E-state index in [1.165, 1.54) is 12.1 Å². The van der Waals surface area contributed by atoms with Crippen molar-refractivity contribution in [3.63, 3.8) is 0 Å². The van der Waals surface area contributed by atoms with Crippen LogP contribution in [0, 0.1) is 0 Å². The van der Waals surface area contributed by atoms with Gasteiger partial charge >= 0.3 is 12.1 Å². The van der Waals surface area contributed by atoms with Gasteiger partial charge in [0.2, 0.25) is 0 Å². The molecule has 0 N–H and O–H groups in total. The van der Waals surface area contributed by atoms with Crippen LogP contribution in [0.5, 0.6) is 0 Å².